The molecule has 1 aliphatic rings. The smallest absolute Gasteiger partial charge is 0.160 e. The SMILES string of the molecule is F[CH]C1CCO1. The van der Waals surface area contributed by atoms with Crippen molar-refractivity contribution in [1.29, 1.82) is 0 Å². The normalized spacial score (nSPS) is 32.5. The predicted octanol–water partition coefficient (Wildman–Crippen LogP) is 0.907. The number of rotatable bonds is 1. The summed E-state index contributed by atoms with van der Waals surface area (Å²) in [6.45, 7) is 1.31. The third kappa shape index (κ3) is 0.522. The molecule has 1 aliphatic heterocycles. The summed E-state index contributed by atoms with van der Waals surface area (Å²) < 4.78 is 15.8. The summed E-state index contributed by atoms with van der Waals surface area (Å²) in [7, 11) is 0. The molecule has 2 heteroatoms. The molecule has 0 aromatic heterocycles. The Labute approximate surface area is 36.1 Å². The van der Waals surface area contributed by atoms with Crippen molar-refractivity contribution in [3.8, 4) is 0 Å². The highest BCUT2D eigenvalue weighted by atomic mass is 19.1. The Morgan fingerprint density at radius 2 is 2.50 bits per heavy atom. The van der Waals surface area contributed by atoms with Gasteiger partial charge in [0.1, 0.15) is 0 Å². The molecular formula is C4H6FO. The summed E-state index contributed by atoms with van der Waals surface area (Å²) in [5.41, 5.74) is 0. The van der Waals surface area contributed by atoms with E-state index in [1.807, 2.05) is 0 Å². The van der Waals surface area contributed by atoms with Gasteiger partial charge in [0.25, 0.3) is 0 Å². The van der Waals surface area contributed by atoms with Crippen LogP contribution in [0.15, 0.2) is 0 Å². The lowest BCUT2D eigenvalue weighted by molar-refractivity contribution is -0.0417. The average molecular weight is 89.1 g/mol. The van der Waals surface area contributed by atoms with E-state index < -0.39 is 0 Å². The Morgan fingerprint density at radius 3 is 2.50 bits per heavy atom. The van der Waals surface area contributed by atoms with Gasteiger partial charge in [-0.25, -0.2) is 4.39 Å². The van der Waals surface area contributed by atoms with E-state index in [9.17, 15) is 4.39 Å². The summed E-state index contributed by atoms with van der Waals surface area (Å²) in [5, 5.41) is 0. The first-order chi connectivity index (χ1) is 2.93. The lowest BCUT2D eigenvalue weighted by Crippen LogP contribution is -2.25. The van der Waals surface area contributed by atoms with Crippen LogP contribution in [0.5, 0.6) is 0 Å². The van der Waals surface area contributed by atoms with Gasteiger partial charge < -0.3 is 4.74 Å². The van der Waals surface area contributed by atoms with Crippen LogP contribution in [0, 0.1) is 6.67 Å². The van der Waals surface area contributed by atoms with Crippen LogP contribution in [0.25, 0.3) is 0 Å². The minimum absolute atomic E-state index is 0.176. The standard InChI is InChI=1S/C4H6FO/c5-3-4-1-2-6-4/h3-4H,1-2H2. The second-order valence-corrected chi connectivity index (χ2v) is 1.32. The van der Waals surface area contributed by atoms with Crippen molar-refractivity contribution in [2.75, 3.05) is 6.61 Å². The van der Waals surface area contributed by atoms with Crippen molar-refractivity contribution in [3.05, 3.63) is 6.67 Å². The molecule has 1 rings (SSSR count). The van der Waals surface area contributed by atoms with Crippen molar-refractivity contribution in [1.82, 2.24) is 0 Å². The first kappa shape index (κ1) is 4.06. The van der Waals surface area contributed by atoms with Gasteiger partial charge in [0.2, 0.25) is 0 Å². The molecule has 6 heavy (non-hydrogen) atoms. The summed E-state index contributed by atoms with van der Waals surface area (Å²) in [6, 6.07) is 0. The minimum Gasteiger partial charge on any atom is -0.375 e. The topological polar surface area (TPSA) is 9.23 Å². The van der Waals surface area contributed by atoms with E-state index in [2.05, 4.69) is 4.74 Å². The van der Waals surface area contributed by atoms with Crippen molar-refractivity contribution in [2.24, 2.45) is 0 Å². The molecule has 0 amide bonds. The van der Waals surface area contributed by atoms with Gasteiger partial charge in [-0.2, -0.15) is 0 Å². The highest BCUT2D eigenvalue weighted by Crippen LogP contribution is 2.13. The van der Waals surface area contributed by atoms with Crippen LogP contribution in [0.2, 0.25) is 0 Å². The molecule has 0 spiro atoms. The van der Waals surface area contributed by atoms with Crippen molar-refractivity contribution >= 4 is 0 Å². The Kier molecular flexibility index (Phi) is 1.05. The number of halogens is 1. The van der Waals surface area contributed by atoms with Gasteiger partial charge in [-0.05, 0) is 6.42 Å². The zero-order valence-corrected chi connectivity index (χ0v) is 3.36. The van der Waals surface area contributed by atoms with Crippen LogP contribution < -0.4 is 0 Å². The maximum Gasteiger partial charge on any atom is 0.160 e. The molecule has 0 aromatic rings. The van der Waals surface area contributed by atoms with Crippen LogP contribution in [0.4, 0.5) is 4.39 Å². The van der Waals surface area contributed by atoms with Gasteiger partial charge in [0, 0.05) is 6.61 Å². The van der Waals surface area contributed by atoms with Crippen molar-refractivity contribution in [2.45, 2.75) is 12.5 Å². The third-order valence-electron chi connectivity index (χ3n) is 0.875. The summed E-state index contributed by atoms with van der Waals surface area (Å²) >= 11 is 0. The second-order valence-electron chi connectivity index (χ2n) is 1.32. The minimum atomic E-state index is -0.176. The van der Waals surface area contributed by atoms with E-state index in [-0.39, 0.29) is 6.10 Å². The molecule has 0 N–H and O–H groups in total. The fraction of sp³-hybridized carbons (Fsp3) is 0.750. The number of hydrogen-bond acceptors (Lipinski definition) is 1. The highest BCUT2D eigenvalue weighted by Gasteiger charge is 2.17. The van der Waals surface area contributed by atoms with E-state index in [1.54, 1.807) is 0 Å². The van der Waals surface area contributed by atoms with Gasteiger partial charge >= 0.3 is 0 Å². The lowest BCUT2D eigenvalue weighted by atomic mass is 10.2. The molecule has 1 fully saturated rings. The molecule has 0 saturated carbocycles. The van der Waals surface area contributed by atoms with Gasteiger partial charge in [0.05, 0.1) is 6.10 Å². The van der Waals surface area contributed by atoms with Crippen LogP contribution in [0.3, 0.4) is 0 Å². The molecule has 1 nitrogen and oxygen atoms in total. The molecule has 0 bridgehead atoms. The van der Waals surface area contributed by atoms with E-state index in [4.69, 9.17) is 0 Å². The first-order valence-electron chi connectivity index (χ1n) is 1.98. The van der Waals surface area contributed by atoms with Crippen LogP contribution >= 0.6 is 0 Å². The first-order valence-corrected chi connectivity index (χ1v) is 1.98. The monoisotopic (exact) mass is 89.0 g/mol. The summed E-state index contributed by atoms with van der Waals surface area (Å²) in [4.78, 5) is 0. The van der Waals surface area contributed by atoms with Gasteiger partial charge in [-0.1, -0.05) is 0 Å². The Hall–Kier alpha value is -0.110. The van der Waals surface area contributed by atoms with Crippen LogP contribution in [0.1, 0.15) is 6.42 Å². The molecule has 35 valence electrons. The highest BCUT2D eigenvalue weighted by molar-refractivity contribution is 4.72. The fourth-order valence-corrected chi connectivity index (χ4v) is 0.353. The maximum atomic E-state index is 11.2. The summed E-state index contributed by atoms with van der Waals surface area (Å²) in [5.74, 6) is 0. The average Bonchev–Trinajstić information content (AvgIpc) is 1.31. The van der Waals surface area contributed by atoms with E-state index >= 15 is 0 Å². The van der Waals surface area contributed by atoms with Crippen molar-refractivity contribution < 1.29 is 9.13 Å². The molecular weight excluding hydrogens is 83.0 g/mol. The molecule has 1 radical (unpaired) electrons. The summed E-state index contributed by atoms with van der Waals surface area (Å²) in [6.07, 6.45) is 0.682. The molecule has 1 atom stereocenters. The van der Waals surface area contributed by atoms with Gasteiger partial charge in [-0.3, -0.25) is 0 Å². The van der Waals surface area contributed by atoms with Crippen molar-refractivity contribution in [3.63, 3.8) is 0 Å². The fourth-order valence-electron chi connectivity index (χ4n) is 0.353. The van der Waals surface area contributed by atoms with E-state index in [0.29, 0.717) is 6.67 Å². The van der Waals surface area contributed by atoms with Gasteiger partial charge in [-0.15, -0.1) is 0 Å². The largest absolute Gasteiger partial charge is 0.375 e. The Morgan fingerprint density at radius 1 is 1.83 bits per heavy atom. The van der Waals surface area contributed by atoms with E-state index in [1.165, 1.54) is 0 Å². The quantitative estimate of drug-likeness (QED) is 0.464. The zero-order valence-electron chi connectivity index (χ0n) is 3.36. The Balaban J connectivity index is 2.01. The number of ether oxygens (including phenoxy) is 1. The molecule has 1 unspecified atom stereocenters. The van der Waals surface area contributed by atoms with Crippen LogP contribution in [-0.4, -0.2) is 12.7 Å². The third-order valence-corrected chi connectivity index (χ3v) is 0.875. The van der Waals surface area contributed by atoms with E-state index in [0.717, 1.165) is 13.0 Å². The second kappa shape index (κ2) is 1.56. The van der Waals surface area contributed by atoms with Crippen LogP contribution in [-0.2, 0) is 4.74 Å². The lowest BCUT2D eigenvalue weighted by Gasteiger charge is -2.21. The molecule has 0 aliphatic carbocycles. The molecule has 0 aromatic carbocycles. The Bertz CT molecular complexity index is 40.1. The number of hydrogen-bond donors (Lipinski definition) is 0. The predicted molar refractivity (Wildman–Crippen MR) is 19.8 cm³/mol. The molecule has 1 heterocycles. The zero-order chi connectivity index (χ0) is 4.41. The van der Waals surface area contributed by atoms with Gasteiger partial charge in [0.15, 0.2) is 6.67 Å². The maximum absolute atomic E-state index is 11.2. The molecule has 1 saturated heterocycles.